The lowest BCUT2D eigenvalue weighted by atomic mass is 10.1. The topological polar surface area (TPSA) is 66.7 Å². The number of benzene rings is 2. The Labute approximate surface area is 164 Å². The van der Waals surface area contributed by atoms with Gasteiger partial charge in [0, 0.05) is 20.2 Å². The molecular formula is C18H14FN3O3S2. The van der Waals surface area contributed by atoms with Crippen LogP contribution in [-0.2, 0) is 4.79 Å². The zero-order valence-electron chi connectivity index (χ0n) is 14.4. The summed E-state index contributed by atoms with van der Waals surface area (Å²) in [4.78, 5) is 26.9. The van der Waals surface area contributed by atoms with Gasteiger partial charge in [-0.1, -0.05) is 30.0 Å². The van der Waals surface area contributed by atoms with Gasteiger partial charge in [-0.3, -0.25) is 19.8 Å². The van der Waals surface area contributed by atoms with E-state index in [1.165, 1.54) is 35.2 Å². The van der Waals surface area contributed by atoms with Crippen LogP contribution in [0.4, 0.5) is 21.5 Å². The summed E-state index contributed by atoms with van der Waals surface area (Å²) < 4.78 is 13.4. The monoisotopic (exact) mass is 403 g/mol. The molecule has 27 heavy (non-hydrogen) atoms. The van der Waals surface area contributed by atoms with E-state index in [2.05, 4.69) is 0 Å². The fourth-order valence-electron chi connectivity index (χ4n) is 2.59. The number of nitro groups is 1. The Morgan fingerprint density at radius 1 is 1.22 bits per heavy atom. The van der Waals surface area contributed by atoms with Gasteiger partial charge in [-0.05, 0) is 42.0 Å². The van der Waals surface area contributed by atoms with E-state index in [4.69, 9.17) is 12.2 Å². The summed E-state index contributed by atoms with van der Waals surface area (Å²) >= 11 is 6.36. The van der Waals surface area contributed by atoms with Crippen LogP contribution in [0.15, 0.2) is 47.4 Å². The second kappa shape index (κ2) is 7.45. The van der Waals surface area contributed by atoms with Crippen molar-refractivity contribution in [2.75, 3.05) is 23.9 Å². The molecule has 0 unspecified atom stereocenters. The van der Waals surface area contributed by atoms with Crippen molar-refractivity contribution < 1.29 is 14.1 Å². The number of nitrogens with zero attached hydrogens (tertiary/aromatic N) is 3. The van der Waals surface area contributed by atoms with Gasteiger partial charge in [0.2, 0.25) is 0 Å². The summed E-state index contributed by atoms with van der Waals surface area (Å²) in [6.07, 6.45) is 1.56. The maximum absolute atomic E-state index is 13.1. The first-order chi connectivity index (χ1) is 12.8. The second-order valence-corrected chi connectivity index (χ2v) is 7.57. The Kier molecular flexibility index (Phi) is 5.24. The molecular weight excluding hydrogens is 389 g/mol. The highest BCUT2D eigenvalue weighted by Crippen LogP contribution is 2.37. The molecule has 1 heterocycles. The van der Waals surface area contributed by atoms with E-state index in [-0.39, 0.29) is 11.6 Å². The molecule has 2 aromatic rings. The highest BCUT2D eigenvalue weighted by atomic mass is 32.2. The van der Waals surface area contributed by atoms with Gasteiger partial charge in [0.05, 0.1) is 15.5 Å². The zero-order valence-corrected chi connectivity index (χ0v) is 16.0. The Hall–Kier alpha value is -2.78. The number of amides is 1. The number of carbonyl (C=O) groups excluding carboxylic acids is 1. The molecule has 6 nitrogen and oxygen atoms in total. The van der Waals surface area contributed by atoms with Crippen LogP contribution in [-0.4, -0.2) is 29.2 Å². The Morgan fingerprint density at radius 3 is 2.48 bits per heavy atom. The van der Waals surface area contributed by atoms with Crippen molar-refractivity contribution >= 4 is 57.3 Å². The summed E-state index contributed by atoms with van der Waals surface area (Å²) in [5, 5.41) is 11.3. The Bertz CT molecular complexity index is 974. The predicted octanol–water partition coefficient (Wildman–Crippen LogP) is 4.21. The van der Waals surface area contributed by atoms with E-state index in [9.17, 15) is 19.3 Å². The molecule has 0 atom stereocenters. The summed E-state index contributed by atoms with van der Waals surface area (Å²) in [5.41, 5.74) is 1.40. The molecule has 0 saturated carbocycles. The van der Waals surface area contributed by atoms with Crippen molar-refractivity contribution in [1.29, 1.82) is 0 Å². The van der Waals surface area contributed by atoms with Crippen LogP contribution >= 0.6 is 24.0 Å². The van der Waals surface area contributed by atoms with E-state index in [1.54, 1.807) is 37.2 Å². The lowest BCUT2D eigenvalue weighted by Gasteiger charge is -2.14. The fraction of sp³-hybridized carbons (Fsp3) is 0.111. The molecule has 138 valence electrons. The molecule has 0 spiro atoms. The first kappa shape index (κ1) is 19.0. The minimum Gasteiger partial charge on any atom is -0.372 e. The van der Waals surface area contributed by atoms with E-state index in [0.717, 1.165) is 11.8 Å². The lowest BCUT2D eigenvalue weighted by Crippen LogP contribution is -2.27. The van der Waals surface area contributed by atoms with Crippen LogP contribution in [0.1, 0.15) is 5.56 Å². The third kappa shape index (κ3) is 3.83. The highest BCUT2D eigenvalue weighted by Gasteiger charge is 2.33. The molecule has 0 bridgehead atoms. The highest BCUT2D eigenvalue weighted by molar-refractivity contribution is 8.27. The SMILES string of the molecule is CN(C)c1ccc(/C=C2\SC(=S)N(c3ccc(F)cc3)C2=O)cc1[N+](=O)[O-]. The smallest absolute Gasteiger partial charge is 0.293 e. The molecule has 2 aromatic carbocycles. The number of thioether (sulfide) groups is 1. The van der Waals surface area contributed by atoms with Crippen LogP contribution in [0.5, 0.6) is 0 Å². The number of rotatable bonds is 4. The predicted molar refractivity (Wildman–Crippen MR) is 109 cm³/mol. The standard InChI is InChI=1S/C18H14FN3O3S2/c1-20(2)14-8-3-11(9-15(14)22(24)25)10-16-17(23)21(18(26)27-16)13-6-4-12(19)5-7-13/h3-10H,1-2H3/b16-10-. The van der Waals surface area contributed by atoms with E-state index < -0.39 is 10.7 Å². The molecule has 1 saturated heterocycles. The van der Waals surface area contributed by atoms with Crippen molar-refractivity contribution in [3.05, 3.63) is 68.9 Å². The number of hydrogen-bond acceptors (Lipinski definition) is 6. The van der Waals surface area contributed by atoms with Gasteiger partial charge in [-0.25, -0.2) is 4.39 Å². The number of anilines is 2. The summed E-state index contributed by atoms with van der Waals surface area (Å²) in [7, 11) is 3.44. The minimum absolute atomic E-state index is 0.0530. The molecule has 0 N–H and O–H groups in total. The normalized spacial score (nSPS) is 15.5. The van der Waals surface area contributed by atoms with Gasteiger partial charge in [-0.15, -0.1) is 0 Å². The van der Waals surface area contributed by atoms with Crippen LogP contribution < -0.4 is 9.80 Å². The third-order valence-electron chi connectivity index (χ3n) is 3.85. The third-order valence-corrected chi connectivity index (χ3v) is 5.16. The number of nitro benzene ring substituents is 1. The fourth-order valence-corrected chi connectivity index (χ4v) is 3.89. The van der Waals surface area contributed by atoms with Crippen molar-refractivity contribution in [1.82, 2.24) is 0 Å². The number of carbonyl (C=O) groups is 1. The van der Waals surface area contributed by atoms with Crippen molar-refractivity contribution in [3.8, 4) is 0 Å². The summed E-state index contributed by atoms with van der Waals surface area (Å²) in [5.74, 6) is -0.760. The maximum Gasteiger partial charge on any atom is 0.293 e. The molecule has 1 fully saturated rings. The van der Waals surface area contributed by atoms with Crippen LogP contribution in [0.2, 0.25) is 0 Å². The summed E-state index contributed by atoms with van der Waals surface area (Å²) in [6.45, 7) is 0. The van der Waals surface area contributed by atoms with E-state index >= 15 is 0 Å². The van der Waals surface area contributed by atoms with Crippen molar-refractivity contribution in [3.63, 3.8) is 0 Å². The number of hydrogen-bond donors (Lipinski definition) is 0. The van der Waals surface area contributed by atoms with Gasteiger partial charge in [0.25, 0.3) is 11.6 Å². The van der Waals surface area contributed by atoms with Crippen molar-refractivity contribution in [2.45, 2.75) is 0 Å². The average molecular weight is 403 g/mol. The Morgan fingerprint density at radius 2 is 1.89 bits per heavy atom. The minimum atomic E-state index is -0.462. The molecule has 0 aliphatic carbocycles. The molecule has 1 amide bonds. The van der Waals surface area contributed by atoms with Crippen LogP contribution in [0.25, 0.3) is 6.08 Å². The zero-order chi connectivity index (χ0) is 19.7. The van der Waals surface area contributed by atoms with Crippen LogP contribution in [0.3, 0.4) is 0 Å². The maximum atomic E-state index is 13.1. The lowest BCUT2D eigenvalue weighted by molar-refractivity contribution is -0.384. The molecule has 1 aliphatic rings. The number of thiocarbonyl (C=S) groups is 1. The number of halogens is 1. The molecule has 0 aromatic heterocycles. The van der Waals surface area contributed by atoms with Gasteiger partial charge in [-0.2, -0.15) is 0 Å². The average Bonchev–Trinajstić information content (AvgIpc) is 2.89. The second-order valence-electron chi connectivity index (χ2n) is 5.89. The van der Waals surface area contributed by atoms with Gasteiger partial charge in [0.1, 0.15) is 11.5 Å². The van der Waals surface area contributed by atoms with Gasteiger partial charge < -0.3 is 4.90 Å². The van der Waals surface area contributed by atoms with E-state index in [0.29, 0.717) is 26.2 Å². The van der Waals surface area contributed by atoms with E-state index in [1.807, 2.05) is 0 Å². The van der Waals surface area contributed by atoms with Gasteiger partial charge in [0.15, 0.2) is 4.32 Å². The summed E-state index contributed by atoms with van der Waals surface area (Å²) in [6, 6.07) is 10.2. The first-order valence-electron chi connectivity index (χ1n) is 7.77. The quantitative estimate of drug-likeness (QED) is 0.330. The molecule has 3 rings (SSSR count). The molecule has 9 heteroatoms. The van der Waals surface area contributed by atoms with Crippen molar-refractivity contribution in [2.24, 2.45) is 0 Å². The first-order valence-corrected chi connectivity index (χ1v) is 8.99. The van der Waals surface area contributed by atoms with Gasteiger partial charge >= 0.3 is 0 Å². The molecule has 0 radical (unpaired) electrons. The largest absolute Gasteiger partial charge is 0.372 e. The molecule has 1 aliphatic heterocycles. The Balaban J connectivity index is 1.95. The van der Waals surface area contributed by atoms with Crippen LogP contribution in [0, 0.1) is 15.9 Å².